The maximum atomic E-state index is 8.85. The van der Waals surface area contributed by atoms with Gasteiger partial charge in [-0.1, -0.05) is 57.8 Å². The fourth-order valence-electron chi connectivity index (χ4n) is 3.49. The molecule has 20 heavy (non-hydrogen) atoms. The van der Waals surface area contributed by atoms with Gasteiger partial charge < -0.3 is 10.9 Å². The number of unbranched alkanes of at least 4 members (excludes halogenated alkanes) is 6. The molecule has 3 nitrogen and oxygen atoms in total. The number of oxime groups is 1. The number of nitrogens with zero attached hydrogens (tertiary/aromatic N) is 1. The lowest BCUT2D eigenvalue weighted by Gasteiger charge is -2.27. The third-order valence-electron chi connectivity index (χ3n) is 4.76. The molecule has 3 N–H and O–H groups in total. The normalized spacial score (nSPS) is 18.6. The van der Waals surface area contributed by atoms with E-state index < -0.39 is 0 Å². The summed E-state index contributed by atoms with van der Waals surface area (Å²) in [6.07, 6.45) is 18.9. The van der Waals surface area contributed by atoms with Crippen molar-refractivity contribution in [3.63, 3.8) is 0 Å². The zero-order chi connectivity index (χ0) is 14.5. The molecule has 1 aliphatic rings. The second-order valence-electron chi connectivity index (χ2n) is 6.38. The molecule has 0 spiro atoms. The van der Waals surface area contributed by atoms with Crippen LogP contribution in [0.4, 0.5) is 0 Å². The van der Waals surface area contributed by atoms with Gasteiger partial charge in [0.05, 0.1) is 0 Å². The topological polar surface area (TPSA) is 58.6 Å². The Kier molecular flexibility index (Phi) is 10.7. The maximum Gasteiger partial charge on any atom is 0.0469 e. The van der Waals surface area contributed by atoms with Crippen molar-refractivity contribution in [1.29, 1.82) is 0 Å². The Morgan fingerprint density at radius 1 is 0.950 bits per heavy atom. The van der Waals surface area contributed by atoms with Crippen LogP contribution in [0.3, 0.4) is 0 Å². The molecule has 0 bridgehead atoms. The van der Waals surface area contributed by atoms with Gasteiger partial charge in [0.25, 0.3) is 0 Å². The zero-order valence-electron chi connectivity index (χ0n) is 13.1. The Bertz CT molecular complexity index is 237. The largest absolute Gasteiger partial charge is 0.411 e. The van der Waals surface area contributed by atoms with Crippen molar-refractivity contribution in [2.45, 2.75) is 83.5 Å². The first-order chi connectivity index (χ1) is 9.88. The predicted molar refractivity (Wildman–Crippen MR) is 86.3 cm³/mol. The number of rotatable bonds is 11. The molecule has 1 fully saturated rings. The molecule has 1 aliphatic carbocycles. The highest BCUT2D eigenvalue weighted by molar-refractivity contribution is 5.60. The van der Waals surface area contributed by atoms with E-state index in [1.165, 1.54) is 83.5 Å². The summed E-state index contributed by atoms with van der Waals surface area (Å²) < 4.78 is 0. The van der Waals surface area contributed by atoms with Gasteiger partial charge in [0.2, 0.25) is 0 Å². The number of nitrogens with two attached hydrogens (primary N) is 1. The Balaban J connectivity index is 2.06. The lowest BCUT2D eigenvalue weighted by molar-refractivity contribution is 0.273. The summed E-state index contributed by atoms with van der Waals surface area (Å²) in [6.45, 7) is 0.837. The van der Waals surface area contributed by atoms with Crippen molar-refractivity contribution in [3.8, 4) is 0 Å². The van der Waals surface area contributed by atoms with E-state index >= 15 is 0 Å². The van der Waals surface area contributed by atoms with Crippen LogP contribution in [0, 0.1) is 11.8 Å². The summed E-state index contributed by atoms with van der Waals surface area (Å²) in [5.74, 6) is 1.28. The van der Waals surface area contributed by atoms with E-state index in [0.29, 0.717) is 5.92 Å². The summed E-state index contributed by atoms with van der Waals surface area (Å²) in [6, 6.07) is 0. The quantitative estimate of drug-likeness (QED) is 0.249. The molecule has 1 unspecified atom stereocenters. The molecule has 0 heterocycles. The van der Waals surface area contributed by atoms with Gasteiger partial charge in [0.1, 0.15) is 0 Å². The summed E-state index contributed by atoms with van der Waals surface area (Å²) in [4.78, 5) is 0. The fourth-order valence-corrected chi connectivity index (χ4v) is 3.49. The van der Waals surface area contributed by atoms with Crippen molar-refractivity contribution in [3.05, 3.63) is 0 Å². The average Bonchev–Trinajstić information content (AvgIpc) is 2.50. The minimum atomic E-state index is 0.512. The summed E-state index contributed by atoms with van der Waals surface area (Å²) in [5, 5.41) is 12.2. The molecule has 0 aliphatic heterocycles. The first kappa shape index (κ1) is 17.5. The minimum Gasteiger partial charge on any atom is -0.411 e. The van der Waals surface area contributed by atoms with Gasteiger partial charge in [-0.2, -0.15) is 0 Å². The van der Waals surface area contributed by atoms with Crippen LogP contribution in [0.1, 0.15) is 83.5 Å². The second-order valence-corrected chi connectivity index (χ2v) is 6.38. The molecule has 0 aromatic carbocycles. The van der Waals surface area contributed by atoms with Gasteiger partial charge in [0.15, 0.2) is 0 Å². The molecule has 1 rings (SSSR count). The highest BCUT2D eigenvalue weighted by atomic mass is 16.4. The van der Waals surface area contributed by atoms with E-state index in [9.17, 15) is 0 Å². The number of hydrogen-bond donors (Lipinski definition) is 2. The van der Waals surface area contributed by atoms with Crippen LogP contribution in [-0.2, 0) is 0 Å². The third kappa shape index (κ3) is 7.88. The lowest BCUT2D eigenvalue weighted by atomic mass is 9.78. The lowest BCUT2D eigenvalue weighted by Crippen LogP contribution is -2.19. The van der Waals surface area contributed by atoms with Crippen molar-refractivity contribution in [2.24, 2.45) is 22.7 Å². The highest BCUT2D eigenvalue weighted by Crippen LogP contribution is 2.32. The summed E-state index contributed by atoms with van der Waals surface area (Å²) in [7, 11) is 0. The van der Waals surface area contributed by atoms with E-state index in [2.05, 4.69) is 5.16 Å². The third-order valence-corrected chi connectivity index (χ3v) is 4.76. The van der Waals surface area contributed by atoms with Crippen LogP contribution in [0.15, 0.2) is 5.16 Å². The Labute approximate surface area is 125 Å². The molecular weight excluding hydrogens is 248 g/mol. The van der Waals surface area contributed by atoms with E-state index in [-0.39, 0.29) is 0 Å². The molecule has 3 heteroatoms. The van der Waals surface area contributed by atoms with Gasteiger partial charge in [-0.05, 0) is 38.1 Å². The first-order valence-corrected chi connectivity index (χ1v) is 8.76. The van der Waals surface area contributed by atoms with Crippen molar-refractivity contribution in [1.82, 2.24) is 0 Å². The van der Waals surface area contributed by atoms with Gasteiger partial charge in [-0.3, -0.25) is 0 Å². The van der Waals surface area contributed by atoms with Gasteiger partial charge in [0, 0.05) is 12.1 Å². The fraction of sp³-hybridized carbons (Fsp3) is 0.941. The average molecular weight is 282 g/mol. The summed E-state index contributed by atoms with van der Waals surface area (Å²) in [5.41, 5.74) is 5.49. The van der Waals surface area contributed by atoms with Gasteiger partial charge >= 0.3 is 0 Å². The van der Waals surface area contributed by atoms with Crippen LogP contribution >= 0.6 is 0 Å². The maximum absolute atomic E-state index is 8.85. The molecule has 0 amide bonds. The molecule has 0 saturated heterocycles. The Hall–Kier alpha value is -0.570. The van der Waals surface area contributed by atoms with Crippen LogP contribution < -0.4 is 5.73 Å². The summed E-state index contributed by atoms with van der Waals surface area (Å²) >= 11 is 0. The first-order valence-electron chi connectivity index (χ1n) is 8.76. The number of hydrogen-bond acceptors (Lipinski definition) is 3. The van der Waals surface area contributed by atoms with E-state index in [1.807, 2.05) is 0 Å². The molecule has 1 atom stereocenters. The van der Waals surface area contributed by atoms with E-state index in [1.54, 1.807) is 6.21 Å². The molecular formula is C17H34N2O. The SMILES string of the molecule is NCCCCCCCCCC(C=NO)C1CCCCC1. The van der Waals surface area contributed by atoms with Crippen molar-refractivity contribution in [2.75, 3.05) is 6.54 Å². The molecule has 0 aromatic rings. The van der Waals surface area contributed by atoms with Crippen LogP contribution in [0.2, 0.25) is 0 Å². The zero-order valence-corrected chi connectivity index (χ0v) is 13.1. The molecule has 0 aromatic heterocycles. The smallest absolute Gasteiger partial charge is 0.0469 e. The minimum absolute atomic E-state index is 0.512. The van der Waals surface area contributed by atoms with Crippen LogP contribution in [0.25, 0.3) is 0 Å². The second kappa shape index (κ2) is 12.2. The molecule has 0 radical (unpaired) electrons. The van der Waals surface area contributed by atoms with Crippen LogP contribution in [0.5, 0.6) is 0 Å². The standard InChI is InChI=1S/C17H34N2O/c18-14-10-5-3-1-2-4-7-13-17(15-19-20)16-11-8-6-9-12-16/h15-17,20H,1-14,18H2. The predicted octanol–water partition coefficient (Wildman–Crippen LogP) is 4.72. The van der Waals surface area contributed by atoms with Gasteiger partial charge in [-0.15, -0.1) is 5.16 Å². The van der Waals surface area contributed by atoms with E-state index in [4.69, 9.17) is 10.9 Å². The van der Waals surface area contributed by atoms with Crippen molar-refractivity contribution < 1.29 is 5.21 Å². The Morgan fingerprint density at radius 2 is 1.55 bits per heavy atom. The molecule has 118 valence electrons. The molecule has 1 saturated carbocycles. The monoisotopic (exact) mass is 282 g/mol. The van der Waals surface area contributed by atoms with Crippen molar-refractivity contribution >= 4 is 6.21 Å². The Morgan fingerprint density at radius 3 is 2.15 bits per heavy atom. The van der Waals surface area contributed by atoms with E-state index in [0.717, 1.165) is 12.5 Å². The van der Waals surface area contributed by atoms with Crippen LogP contribution in [-0.4, -0.2) is 18.0 Å². The van der Waals surface area contributed by atoms with Gasteiger partial charge in [-0.25, -0.2) is 0 Å². The highest BCUT2D eigenvalue weighted by Gasteiger charge is 2.21.